The molecule has 2 N–H and O–H groups in total. The smallest absolute Gasteiger partial charge is 0.242 e. The highest BCUT2D eigenvalue weighted by atomic mass is 16.7. The van der Waals surface area contributed by atoms with Crippen molar-refractivity contribution in [2.45, 2.75) is 39.3 Å². The number of ether oxygens (including phenoxy) is 2. The number of amides is 3. The molecule has 0 aliphatic carbocycles. The Morgan fingerprint density at radius 3 is 2.75 bits per heavy atom. The largest absolute Gasteiger partial charge is 0.467 e. The molecule has 1 aromatic carbocycles. The molecule has 1 aromatic heterocycles. The quantitative estimate of drug-likeness (QED) is 0.650. The third-order valence-corrected chi connectivity index (χ3v) is 5.52. The number of fused-ring (bicyclic) bond motifs is 1. The molecule has 2 aromatic rings. The highest BCUT2D eigenvalue weighted by Crippen LogP contribution is 2.37. The molecule has 4 rings (SSSR count). The summed E-state index contributed by atoms with van der Waals surface area (Å²) in [6.07, 6.45) is 2.11. The third-order valence-electron chi connectivity index (χ3n) is 5.52. The minimum atomic E-state index is -0.688. The fourth-order valence-electron chi connectivity index (χ4n) is 3.89. The van der Waals surface area contributed by atoms with Crippen LogP contribution in [0.25, 0.3) is 0 Å². The van der Waals surface area contributed by atoms with Crippen LogP contribution in [-0.2, 0) is 20.9 Å². The average Bonchev–Trinajstić information content (AvgIpc) is 3.51. The molecule has 9 heteroatoms. The molecule has 2 atom stereocenters. The van der Waals surface area contributed by atoms with E-state index in [2.05, 4.69) is 10.6 Å². The van der Waals surface area contributed by atoms with Crippen LogP contribution in [0.5, 0.6) is 11.5 Å². The van der Waals surface area contributed by atoms with Crippen LogP contribution in [0.15, 0.2) is 41.0 Å². The van der Waals surface area contributed by atoms with Gasteiger partial charge in [-0.1, -0.05) is 13.8 Å². The van der Waals surface area contributed by atoms with Crippen molar-refractivity contribution in [3.8, 4) is 11.5 Å². The lowest BCUT2D eigenvalue weighted by atomic mass is 10.0. The number of carbonyl (C=O) groups excluding carboxylic acids is 3. The molecule has 0 saturated carbocycles. The SMILES string of the molecule is CC(C)C[C@@H](NC(=O)C1CC(=O)N(c2ccc3c(c2)OCO3)C1)C(=O)NCc1ccco1. The maximum Gasteiger partial charge on any atom is 0.242 e. The number of furan rings is 1. The Kier molecular flexibility index (Phi) is 6.34. The molecule has 2 aliphatic heterocycles. The normalized spacial score (nSPS) is 18.2. The second-order valence-electron chi connectivity index (χ2n) is 8.43. The highest BCUT2D eigenvalue weighted by molar-refractivity contribution is 6.01. The first-order chi connectivity index (χ1) is 15.4. The molecule has 1 saturated heterocycles. The Bertz CT molecular complexity index is 988. The molecule has 1 fully saturated rings. The minimum Gasteiger partial charge on any atom is -0.467 e. The molecule has 170 valence electrons. The zero-order chi connectivity index (χ0) is 22.7. The van der Waals surface area contributed by atoms with Crippen molar-refractivity contribution in [3.63, 3.8) is 0 Å². The van der Waals surface area contributed by atoms with Gasteiger partial charge in [0, 0.05) is 24.7 Å². The van der Waals surface area contributed by atoms with Gasteiger partial charge in [0.1, 0.15) is 11.8 Å². The Labute approximate surface area is 186 Å². The van der Waals surface area contributed by atoms with Gasteiger partial charge >= 0.3 is 0 Å². The maximum absolute atomic E-state index is 13.0. The number of rotatable bonds is 8. The number of carbonyl (C=O) groups is 3. The molecule has 2 aliphatic rings. The number of hydrogen-bond donors (Lipinski definition) is 2. The van der Waals surface area contributed by atoms with Gasteiger partial charge in [-0.3, -0.25) is 14.4 Å². The van der Waals surface area contributed by atoms with Crippen molar-refractivity contribution in [2.24, 2.45) is 11.8 Å². The van der Waals surface area contributed by atoms with Gasteiger partial charge in [-0.05, 0) is 36.6 Å². The van der Waals surface area contributed by atoms with E-state index in [4.69, 9.17) is 13.9 Å². The van der Waals surface area contributed by atoms with Crippen molar-refractivity contribution < 1.29 is 28.3 Å². The van der Waals surface area contributed by atoms with E-state index in [1.54, 1.807) is 35.2 Å². The summed E-state index contributed by atoms with van der Waals surface area (Å²) in [5, 5.41) is 5.65. The Hall–Kier alpha value is -3.49. The Morgan fingerprint density at radius 1 is 1.19 bits per heavy atom. The Balaban J connectivity index is 1.38. The Morgan fingerprint density at radius 2 is 2.00 bits per heavy atom. The van der Waals surface area contributed by atoms with Crippen LogP contribution < -0.4 is 25.0 Å². The summed E-state index contributed by atoms with van der Waals surface area (Å²) in [6, 6.07) is 8.09. The maximum atomic E-state index is 13.0. The summed E-state index contributed by atoms with van der Waals surface area (Å²) in [6.45, 7) is 4.61. The predicted molar refractivity (Wildman–Crippen MR) is 115 cm³/mol. The van der Waals surface area contributed by atoms with Crippen LogP contribution in [0.4, 0.5) is 5.69 Å². The van der Waals surface area contributed by atoms with E-state index in [1.807, 2.05) is 13.8 Å². The van der Waals surface area contributed by atoms with Crippen molar-refractivity contribution in [2.75, 3.05) is 18.2 Å². The fourth-order valence-corrected chi connectivity index (χ4v) is 3.89. The standard InChI is InChI=1S/C23H27N3O6/c1-14(2)8-18(23(29)24-11-17-4-3-7-30-17)25-22(28)15-9-21(27)26(12-15)16-5-6-19-20(10-16)32-13-31-19/h3-7,10,14-15,18H,8-9,11-13H2,1-2H3,(H,24,29)(H,25,28)/t15?,18-/m1/s1. The number of benzene rings is 1. The van der Waals surface area contributed by atoms with Gasteiger partial charge in [0.2, 0.25) is 24.5 Å². The van der Waals surface area contributed by atoms with E-state index >= 15 is 0 Å². The molecule has 32 heavy (non-hydrogen) atoms. The van der Waals surface area contributed by atoms with E-state index in [1.165, 1.54) is 6.26 Å². The lowest BCUT2D eigenvalue weighted by Gasteiger charge is -2.22. The van der Waals surface area contributed by atoms with E-state index in [0.29, 0.717) is 29.4 Å². The summed E-state index contributed by atoms with van der Waals surface area (Å²) in [4.78, 5) is 39.8. The summed E-state index contributed by atoms with van der Waals surface area (Å²) < 4.78 is 15.9. The molecular formula is C23H27N3O6. The minimum absolute atomic E-state index is 0.0860. The van der Waals surface area contributed by atoms with Crippen LogP contribution >= 0.6 is 0 Å². The van der Waals surface area contributed by atoms with Crippen LogP contribution in [0.1, 0.15) is 32.4 Å². The molecule has 1 unspecified atom stereocenters. The molecule has 0 radical (unpaired) electrons. The van der Waals surface area contributed by atoms with Crippen molar-refractivity contribution >= 4 is 23.4 Å². The topological polar surface area (TPSA) is 110 Å². The van der Waals surface area contributed by atoms with E-state index < -0.39 is 12.0 Å². The predicted octanol–water partition coefficient (Wildman–Crippen LogP) is 2.21. The summed E-state index contributed by atoms with van der Waals surface area (Å²) >= 11 is 0. The second kappa shape index (κ2) is 9.33. The number of nitrogens with one attached hydrogen (secondary N) is 2. The zero-order valence-electron chi connectivity index (χ0n) is 18.1. The van der Waals surface area contributed by atoms with E-state index in [9.17, 15) is 14.4 Å². The van der Waals surface area contributed by atoms with E-state index in [0.717, 1.165) is 0 Å². The van der Waals surface area contributed by atoms with Crippen molar-refractivity contribution in [1.29, 1.82) is 0 Å². The number of anilines is 1. The zero-order valence-corrected chi connectivity index (χ0v) is 18.1. The van der Waals surface area contributed by atoms with Gasteiger partial charge in [0.15, 0.2) is 11.5 Å². The van der Waals surface area contributed by atoms with Gasteiger partial charge in [-0.15, -0.1) is 0 Å². The van der Waals surface area contributed by atoms with Gasteiger partial charge in [-0.25, -0.2) is 0 Å². The summed E-state index contributed by atoms with van der Waals surface area (Å²) in [7, 11) is 0. The molecule has 0 bridgehead atoms. The monoisotopic (exact) mass is 441 g/mol. The van der Waals surface area contributed by atoms with Gasteiger partial charge in [0.05, 0.1) is 18.7 Å². The molecular weight excluding hydrogens is 414 g/mol. The van der Waals surface area contributed by atoms with Crippen LogP contribution in [0, 0.1) is 11.8 Å². The summed E-state index contributed by atoms with van der Waals surface area (Å²) in [5.41, 5.74) is 0.657. The van der Waals surface area contributed by atoms with Crippen molar-refractivity contribution in [3.05, 3.63) is 42.4 Å². The lowest BCUT2D eigenvalue weighted by Crippen LogP contribution is -2.49. The average molecular weight is 441 g/mol. The summed E-state index contributed by atoms with van der Waals surface area (Å²) in [5.74, 6) is 0.770. The molecule has 0 spiro atoms. The third kappa shape index (κ3) is 4.87. The van der Waals surface area contributed by atoms with E-state index in [-0.39, 0.29) is 49.9 Å². The van der Waals surface area contributed by atoms with Crippen LogP contribution in [0.3, 0.4) is 0 Å². The van der Waals surface area contributed by atoms with Crippen LogP contribution in [0.2, 0.25) is 0 Å². The lowest BCUT2D eigenvalue weighted by molar-refractivity contribution is -0.131. The van der Waals surface area contributed by atoms with Gasteiger partial charge < -0.3 is 29.4 Å². The molecule has 3 heterocycles. The number of nitrogens with zero attached hydrogens (tertiary/aromatic N) is 1. The first-order valence-corrected chi connectivity index (χ1v) is 10.7. The van der Waals surface area contributed by atoms with Gasteiger partial charge in [-0.2, -0.15) is 0 Å². The highest BCUT2D eigenvalue weighted by Gasteiger charge is 2.37. The second-order valence-corrected chi connectivity index (χ2v) is 8.43. The first kappa shape index (κ1) is 21.7. The molecule has 3 amide bonds. The van der Waals surface area contributed by atoms with Crippen molar-refractivity contribution in [1.82, 2.24) is 10.6 Å². The van der Waals surface area contributed by atoms with Crippen LogP contribution in [-0.4, -0.2) is 37.1 Å². The number of hydrogen-bond acceptors (Lipinski definition) is 6. The first-order valence-electron chi connectivity index (χ1n) is 10.7. The molecule has 9 nitrogen and oxygen atoms in total. The fraction of sp³-hybridized carbons (Fsp3) is 0.435. The van der Waals surface area contributed by atoms with Gasteiger partial charge in [0.25, 0.3) is 0 Å².